The molecule has 0 spiro atoms. The summed E-state index contributed by atoms with van der Waals surface area (Å²) in [6.45, 7) is 2.14. The monoisotopic (exact) mass is 366 g/mol. The highest BCUT2D eigenvalue weighted by atomic mass is 16.5. The SMILES string of the molecule is COCc1c(C(=O)N(C)CC(=O)Nc2ccc(C)cc2)oc2ccccc12. The Morgan fingerprint density at radius 3 is 2.52 bits per heavy atom. The number of amides is 2. The molecule has 1 N–H and O–H groups in total. The van der Waals surface area contributed by atoms with Gasteiger partial charge in [0.15, 0.2) is 5.76 Å². The van der Waals surface area contributed by atoms with Gasteiger partial charge in [0.1, 0.15) is 5.58 Å². The van der Waals surface area contributed by atoms with Gasteiger partial charge in [0.05, 0.1) is 13.2 Å². The second kappa shape index (κ2) is 8.05. The topological polar surface area (TPSA) is 71.8 Å². The minimum Gasteiger partial charge on any atom is -0.451 e. The number of nitrogens with zero attached hydrogens (tertiary/aromatic N) is 1. The molecule has 6 heteroatoms. The van der Waals surface area contributed by atoms with E-state index in [-0.39, 0.29) is 30.7 Å². The number of carbonyl (C=O) groups excluding carboxylic acids is 2. The third-order valence-electron chi connectivity index (χ3n) is 4.24. The molecule has 0 aliphatic rings. The molecule has 0 radical (unpaired) electrons. The van der Waals surface area contributed by atoms with Gasteiger partial charge in [-0.1, -0.05) is 35.9 Å². The number of methoxy groups -OCH3 is 1. The van der Waals surface area contributed by atoms with Crippen LogP contribution in [0.3, 0.4) is 0 Å². The lowest BCUT2D eigenvalue weighted by atomic mass is 10.1. The van der Waals surface area contributed by atoms with E-state index in [4.69, 9.17) is 9.15 Å². The number of ether oxygens (including phenoxy) is 1. The van der Waals surface area contributed by atoms with Gasteiger partial charge in [-0.3, -0.25) is 9.59 Å². The van der Waals surface area contributed by atoms with E-state index in [1.165, 1.54) is 4.90 Å². The van der Waals surface area contributed by atoms with E-state index in [0.717, 1.165) is 10.9 Å². The third-order valence-corrected chi connectivity index (χ3v) is 4.24. The molecule has 3 aromatic rings. The second-order valence-corrected chi connectivity index (χ2v) is 6.41. The Morgan fingerprint density at radius 2 is 1.81 bits per heavy atom. The molecule has 0 saturated carbocycles. The maximum atomic E-state index is 12.8. The third kappa shape index (κ3) is 4.17. The quantitative estimate of drug-likeness (QED) is 0.724. The van der Waals surface area contributed by atoms with Gasteiger partial charge in [-0.05, 0) is 25.1 Å². The number of furan rings is 1. The second-order valence-electron chi connectivity index (χ2n) is 6.41. The van der Waals surface area contributed by atoms with E-state index < -0.39 is 0 Å². The first-order valence-corrected chi connectivity index (χ1v) is 8.61. The Labute approximate surface area is 157 Å². The number of likely N-dealkylation sites (N-methyl/N-ethyl adjacent to an activating group) is 1. The Kier molecular flexibility index (Phi) is 5.57. The van der Waals surface area contributed by atoms with Crippen molar-refractivity contribution in [3.05, 3.63) is 65.4 Å². The number of carbonyl (C=O) groups is 2. The number of rotatable bonds is 6. The van der Waals surface area contributed by atoms with Crippen molar-refractivity contribution in [1.29, 1.82) is 0 Å². The van der Waals surface area contributed by atoms with Crippen LogP contribution in [0.4, 0.5) is 5.69 Å². The number of aryl methyl sites for hydroxylation is 1. The molecular weight excluding hydrogens is 344 g/mol. The van der Waals surface area contributed by atoms with Gasteiger partial charge in [-0.15, -0.1) is 0 Å². The predicted molar refractivity (Wildman–Crippen MR) is 104 cm³/mol. The van der Waals surface area contributed by atoms with Gasteiger partial charge < -0.3 is 19.4 Å². The van der Waals surface area contributed by atoms with Crippen molar-refractivity contribution in [1.82, 2.24) is 4.90 Å². The van der Waals surface area contributed by atoms with Crippen LogP contribution < -0.4 is 5.32 Å². The smallest absolute Gasteiger partial charge is 0.290 e. The lowest BCUT2D eigenvalue weighted by Crippen LogP contribution is -2.35. The summed E-state index contributed by atoms with van der Waals surface area (Å²) in [6.07, 6.45) is 0. The molecule has 0 saturated heterocycles. The average Bonchev–Trinajstić information content (AvgIpc) is 3.02. The lowest BCUT2D eigenvalue weighted by molar-refractivity contribution is -0.116. The Hall–Kier alpha value is -3.12. The largest absolute Gasteiger partial charge is 0.451 e. The highest BCUT2D eigenvalue weighted by molar-refractivity contribution is 6.01. The summed E-state index contributed by atoms with van der Waals surface area (Å²) < 4.78 is 11.0. The molecule has 27 heavy (non-hydrogen) atoms. The fourth-order valence-corrected chi connectivity index (χ4v) is 2.86. The Balaban J connectivity index is 1.75. The molecule has 1 heterocycles. The molecule has 0 unspecified atom stereocenters. The number of nitrogens with one attached hydrogen (secondary N) is 1. The molecule has 3 rings (SSSR count). The minimum atomic E-state index is -0.364. The van der Waals surface area contributed by atoms with Crippen molar-refractivity contribution < 1.29 is 18.7 Å². The van der Waals surface area contributed by atoms with E-state index in [2.05, 4.69) is 5.32 Å². The molecule has 0 fully saturated rings. The summed E-state index contributed by atoms with van der Waals surface area (Å²) in [5.41, 5.74) is 3.10. The van der Waals surface area contributed by atoms with Crippen LogP contribution in [-0.2, 0) is 16.1 Å². The molecule has 0 bridgehead atoms. The number of para-hydroxylation sites is 1. The number of hydrogen-bond acceptors (Lipinski definition) is 4. The Morgan fingerprint density at radius 1 is 1.11 bits per heavy atom. The van der Waals surface area contributed by atoms with Crippen LogP contribution in [0.1, 0.15) is 21.7 Å². The summed E-state index contributed by atoms with van der Waals surface area (Å²) in [6, 6.07) is 14.9. The fourth-order valence-electron chi connectivity index (χ4n) is 2.86. The first-order valence-electron chi connectivity index (χ1n) is 8.61. The summed E-state index contributed by atoms with van der Waals surface area (Å²) in [5.74, 6) is -0.444. The molecule has 2 aromatic carbocycles. The van der Waals surface area contributed by atoms with Gasteiger partial charge in [-0.25, -0.2) is 0 Å². The zero-order chi connectivity index (χ0) is 19.4. The fraction of sp³-hybridized carbons (Fsp3) is 0.238. The van der Waals surface area contributed by atoms with Gasteiger partial charge in [-0.2, -0.15) is 0 Å². The van der Waals surface area contributed by atoms with Crippen molar-refractivity contribution in [2.24, 2.45) is 0 Å². The highest BCUT2D eigenvalue weighted by Gasteiger charge is 2.24. The normalized spacial score (nSPS) is 10.8. The van der Waals surface area contributed by atoms with Crippen molar-refractivity contribution >= 4 is 28.5 Å². The minimum absolute atomic E-state index is 0.0871. The van der Waals surface area contributed by atoms with Gasteiger partial charge in [0.25, 0.3) is 5.91 Å². The van der Waals surface area contributed by atoms with Crippen molar-refractivity contribution in [2.75, 3.05) is 26.0 Å². The van der Waals surface area contributed by atoms with Crippen LogP contribution in [0, 0.1) is 6.92 Å². The van der Waals surface area contributed by atoms with Crippen LogP contribution >= 0.6 is 0 Å². The van der Waals surface area contributed by atoms with Crippen LogP contribution in [-0.4, -0.2) is 37.4 Å². The summed E-state index contributed by atoms with van der Waals surface area (Å²) in [4.78, 5) is 26.4. The first kappa shape index (κ1) is 18.7. The lowest BCUT2D eigenvalue weighted by Gasteiger charge is -2.16. The maximum Gasteiger partial charge on any atom is 0.290 e. The maximum absolute atomic E-state index is 12.8. The van der Waals surface area contributed by atoms with Crippen molar-refractivity contribution in [2.45, 2.75) is 13.5 Å². The number of hydrogen-bond donors (Lipinski definition) is 1. The van der Waals surface area contributed by atoms with Gasteiger partial charge in [0, 0.05) is 30.8 Å². The molecule has 1 aromatic heterocycles. The summed E-state index contributed by atoms with van der Waals surface area (Å²) in [7, 11) is 3.13. The van der Waals surface area contributed by atoms with Gasteiger partial charge in [0.2, 0.25) is 5.91 Å². The Bertz CT molecular complexity index is 960. The highest BCUT2D eigenvalue weighted by Crippen LogP contribution is 2.27. The van der Waals surface area contributed by atoms with Crippen LogP contribution in [0.15, 0.2) is 52.9 Å². The van der Waals surface area contributed by atoms with E-state index in [9.17, 15) is 9.59 Å². The molecule has 0 aliphatic heterocycles. The molecule has 2 amide bonds. The predicted octanol–water partition coefficient (Wildman–Crippen LogP) is 3.60. The van der Waals surface area contributed by atoms with E-state index >= 15 is 0 Å². The summed E-state index contributed by atoms with van der Waals surface area (Å²) >= 11 is 0. The van der Waals surface area contributed by atoms with Crippen LogP contribution in [0.2, 0.25) is 0 Å². The first-order chi connectivity index (χ1) is 13.0. The summed E-state index contributed by atoms with van der Waals surface area (Å²) in [5, 5.41) is 3.62. The van der Waals surface area contributed by atoms with E-state index in [0.29, 0.717) is 16.8 Å². The molecule has 6 nitrogen and oxygen atoms in total. The number of anilines is 1. The zero-order valence-electron chi connectivity index (χ0n) is 15.6. The van der Waals surface area contributed by atoms with E-state index in [1.807, 2.05) is 49.4 Å². The molecule has 140 valence electrons. The van der Waals surface area contributed by atoms with Crippen molar-refractivity contribution in [3.8, 4) is 0 Å². The number of fused-ring (bicyclic) bond motifs is 1. The zero-order valence-corrected chi connectivity index (χ0v) is 15.6. The standard InChI is InChI=1S/C21H22N2O4/c1-14-8-10-15(11-9-14)22-19(24)12-23(2)21(25)20-17(13-26-3)16-6-4-5-7-18(16)27-20/h4-11H,12-13H2,1-3H3,(H,22,24). The van der Waals surface area contributed by atoms with Crippen molar-refractivity contribution in [3.63, 3.8) is 0 Å². The molecule has 0 atom stereocenters. The average molecular weight is 366 g/mol. The molecule has 0 aliphatic carbocycles. The van der Waals surface area contributed by atoms with Crippen LogP contribution in [0.25, 0.3) is 11.0 Å². The van der Waals surface area contributed by atoms with E-state index in [1.54, 1.807) is 20.2 Å². The molecular formula is C21H22N2O4. The van der Waals surface area contributed by atoms with Crippen LogP contribution in [0.5, 0.6) is 0 Å². The van der Waals surface area contributed by atoms with Gasteiger partial charge >= 0.3 is 0 Å². The number of benzene rings is 2.